The van der Waals surface area contributed by atoms with Gasteiger partial charge >= 0.3 is 0 Å². The maximum Gasteiger partial charge on any atom is 0.0256 e. The standard InChI is InChI=1S/C10H24N2O/c1-5-7-9-11(3)13-12(4)10-8-6-2/h5-10H2,1-4H3. The van der Waals surface area contributed by atoms with Gasteiger partial charge in [0.05, 0.1) is 0 Å². The summed E-state index contributed by atoms with van der Waals surface area (Å²) in [5, 5.41) is 3.80. The molecule has 0 aromatic carbocycles. The van der Waals surface area contributed by atoms with Crippen molar-refractivity contribution in [2.75, 3.05) is 27.2 Å². The van der Waals surface area contributed by atoms with E-state index in [4.69, 9.17) is 4.94 Å². The van der Waals surface area contributed by atoms with E-state index in [-0.39, 0.29) is 0 Å². The van der Waals surface area contributed by atoms with Gasteiger partial charge in [-0.25, -0.2) is 4.94 Å². The maximum atomic E-state index is 5.52. The zero-order valence-electron chi connectivity index (χ0n) is 9.55. The molecule has 3 nitrogen and oxygen atoms in total. The molecular formula is C10H24N2O. The Morgan fingerprint density at radius 3 is 1.54 bits per heavy atom. The van der Waals surface area contributed by atoms with Crippen molar-refractivity contribution in [1.29, 1.82) is 0 Å². The van der Waals surface area contributed by atoms with E-state index in [0.717, 1.165) is 13.1 Å². The second kappa shape index (κ2) is 8.48. The van der Waals surface area contributed by atoms with Crippen LogP contribution in [0.15, 0.2) is 0 Å². The molecule has 0 rings (SSSR count). The molecule has 0 saturated heterocycles. The highest BCUT2D eigenvalue weighted by molar-refractivity contribution is 4.39. The van der Waals surface area contributed by atoms with Gasteiger partial charge in [0.2, 0.25) is 0 Å². The molecule has 0 saturated carbocycles. The summed E-state index contributed by atoms with van der Waals surface area (Å²) in [6.45, 7) is 6.39. The third kappa shape index (κ3) is 8.22. The van der Waals surface area contributed by atoms with Gasteiger partial charge in [-0.05, 0) is 12.8 Å². The average molecular weight is 188 g/mol. The monoisotopic (exact) mass is 188 g/mol. The van der Waals surface area contributed by atoms with Gasteiger partial charge in [-0.15, -0.1) is 0 Å². The van der Waals surface area contributed by atoms with E-state index in [2.05, 4.69) is 13.8 Å². The van der Waals surface area contributed by atoms with Crippen LogP contribution >= 0.6 is 0 Å². The van der Waals surface area contributed by atoms with Gasteiger partial charge in [-0.3, -0.25) is 0 Å². The summed E-state index contributed by atoms with van der Waals surface area (Å²) < 4.78 is 0. The summed E-state index contributed by atoms with van der Waals surface area (Å²) >= 11 is 0. The van der Waals surface area contributed by atoms with Gasteiger partial charge in [-0.2, -0.15) is 10.1 Å². The molecule has 0 aliphatic rings. The Bertz CT molecular complexity index is 97.1. The Labute approximate surface area is 82.6 Å². The third-order valence-corrected chi connectivity index (χ3v) is 1.93. The minimum absolute atomic E-state index is 1.01. The summed E-state index contributed by atoms with van der Waals surface area (Å²) in [4.78, 5) is 5.52. The normalized spacial score (nSPS) is 11.5. The minimum atomic E-state index is 1.01. The Balaban J connectivity index is 3.35. The van der Waals surface area contributed by atoms with Crippen LogP contribution in [0, 0.1) is 0 Å². The second-order valence-corrected chi connectivity index (χ2v) is 3.49. The summed E-state index contributed by atoms with van der Waals surface area (Å²) in [7, 11) is 3.97. The summed E-state index contributed by atoms with van der Waals surface area (Å²) in [6.07, 6.45) is 4.81. The van der Waals surface area contributed by atoms with Crippen LogP contribution in [0.25, 0.3) is 0 Å². The van der Waals surface area contributed by atoms with Crippen molar-refractivity contribution in [3.8, 4) is 0 Å². The first-order valence-electron chi connectivity index (χ1n) is 5.31. The minimum Gasteiger partial charge on any atom is -0.209 e. The Kier molecular flexibility index (Phi) is 8.40. The Morgan fingerprint density at radius 2 is 1.23 bits per heavy atom. The van der Waals surface area contributed by atoms with Gasteiger partial charge < -0.3 is 0 Å². The van der Waals surface area contributed by atoms with Crippen LogP contribution in [-0.2, 0) is 4.94 Å². The average Bonchev–Trinajstić information content (AvgIpc) is 2.11. The number of nitrogens with zero attached hydrogens (tertiary/aromatic N) is 2. The highest BCUT2D eigenvalue weighted by atomic mass is 16.8. The molecule has 13 heavy (non-hydrogen) atoms. The fraction of sp³-hybridized carbons (Fsp3) is 1.00. The van der Waals surface area contributed by atoms with E-state index < -0.39 is 0 Å². The van der Waals surface area contributed by atoms with Crippen molar-refractivity contribution < 1.29 is 4.94 Å². The molecule has 0 unspecified atom stereocenters. The van der Waals surface area contributed by atoms with E-state index >= 15 is 0 Å². The van der Waals surface area contributed by atoms with Gasteiger partial charge in [0.1, 0.15) is 0 Å². The number of hydrogen-bond acceptors (Lipinski definition) is 3. The van der Waals surface area contributed by atoms with Crippen LogP contribution in [0.2, 0.25) is 0 Å². The Hall–Kier alpha value is -0.120. The predicted molar refractivity (Wildman–Crippen MR) is 56.2 cm³/mol. The summed E-state index contributed by atoms with van der Waals surface area (Å²) in [5.74, 6) is 0. The van der Waals surface area contributed by atoms with Crippen LogP contribution in [0.5, 0.6) is 0 Å². The quantitative estimate of drug-likeness (QED) is 0.544. The van der Waals surface area contributed by atoms with Crippen molar-refractivity contribution in [2.24, 2.45) is 0 Å². The molecule has 0 aliphatic heterocycles. The summed E-state index contributed by atoms with van der Waals surface area (Å²) in [6, 6.07) is 0. The predicted octanol–water partition coefficient (Wildman–Crippen LogP) is 2.30. The van der Waals surface area contributed by atoms with E-state index in [1.165, 1.54) is 25.7 Å². The van der Waals surface area contributed by atoms with Crippen molar-refractivity contribution in [2.45, 2.75) is 39.5 Å². The topological polar surface area (TPSA) is 15.7 Å². The SMILES string of the molecule is CCCCN(C)ON(C)CCCC. The van der Waals surface area contributed by atoms with Gasteiger partial charge in [-0.1, -0.05) is 26.7 Å². The van der Waals surface area contributed by atoms with Crippen LogP contribution in [0.1, 0.15) is 39.5 Å². The number of unbranched alkanes of at least 4 members (excludes halogenated alkanes) is 2. The molecule has 0 heterocycles. The molecule has 80 valence electrons. The molecule has 0 aliphatic carbocycles. The van der Waals surface area contributed by atoms with E-state index in [1.54, 1.807) is 0 Å². The molecule has 0 aromatic heterocycles. The number of rotatable bonds is 8. The molecular weight excluding hydrogens is 164 g/mol. The highest BCUT2D eigenvalue weighted by Gasteiger charge is 2.02. The molecule has 0 amide bonds. The summed E-state index contributed by atoms with van der Waals surface area (Å²) in [5.41, 5.74) is 0. The van der Waals surface area contributed by atoms with Crippen LogP contribution in [0.4, 0.5) is 0 Å². The van der Waals surface area contributed by atoms with E-state index in [9.17, 15) is 0 Å². The van der Waals surface area contributed by atoms with Crippen molar-refractivity contribution in [3.63, 3.8) is 0 Å². The molecule has 0 aromatic rings. The number of hydroxylamine groups is 4. The zero-order chi connectivity index (χ0) is 10.1. The van der Waals surface area contributed by atoms with Crippen molar-refractivity contribution in [3.05, 3.63) is 0 Å². The van der Waals surface area contributed by atoms with Crippen LogP contribution in [-0.4, -0.2) is 37.3 Å². The second-order valence-electron chi connectivity index (χ2n) is 3.49. The molecule has 0 bridgehead atoms. The van der Waals surface area contributed by atoms with E-state index in [1.807, 2.05) is 24.2 Å². The maximum absolute atomic E-state index is 5.52. The highest BCUT2D eigenvalue weighted by Crippen LogP contribution is 1.97. The Morgan fingerprint density at radius 1 is 0.846 bits per heavy atom. The fourth-order valence-electron chi connectivity index (χ4n) is 1.08. The molecule has 3 heteroatoms. The van der Waals surface area contributed by atoms with E-state index in [0.29, 0.717) is 0 Å². The molecule has 0 fully saturated rings. The molecule has 0 N–H and O–H groups in total. The molecule has 0 atom stereocenters. The molecule has 0 spiro atoms. The van der Waals surface area contributed by atoms with Gasteiger partial charge in [0.15, 0.2) is 0 Å². The van der Waals surface area contributed by atoms with Crippen LogP contribution in [0.3, 0.4) is 0 Å². The lowest BCUT2D eigenvalue weighted by Crippen LogP contribution is -2.31. The lowest BCUT2D eigenvalue weighted by Gasteiger charge is -2.22. The largest absolute Gasteiger partial charge is 0.209 e. The lowest BCUT2D eigenvalue weighted by molar-refractivity contribution is -0.304. The first-order valence-corrected chi connectivity index (χ1v) is 5.31. The van der Waals surface area contributed by atoms with Gasteiger partial charge in [0.25, 0.3) is 0 Å². The first-order chi connectivity index (χ1) is 6.20. The van der Waals surface area contributed by atoms with Crippen LogP contribution < -0.4 is 0 Å². The van der Waals surface area contributed by atoms with Crippen molar-refractivity contribution >= 4 is 0 Å². The third-order valence-electron chi connectivity index (χ3n) is 1.93. The smallest absolute Gasteiger partial charge is 0.0256 e. The fourth-order valence-corrected chi connectivity index (χ4v) is 1.08. The zero-order valence-corrected chi connectivity index (χ0v) is 9.55. The van der Waals surface area contributed by atoms with Crippen molar-refractivity contribution in [1.82, 2.24) is 10.1 Å². The lowest BCUT2D eigenvalue weighted by atomic mass is 10.3. The first kappa shape index (κ1) is 12.9. The molecule has 0 radical (unpaired) electrons. The number of hydrogen-bond donors (Lipinski definition) is 0. The van der Waals surface area contributed by atoms with Gasteiger partial charge in [0, 0.05) is 27.2 Å².